The van der Waals surface area contributed by atoms with Crippen molar-refractivity contribution in [2.24, 2.45) is 0 Å². The van der Waals surface area contributed by atoms with Gasteiger partial charge in [0.25, 0.3) is 11.4 Å². The van der Waals surface area contributed by atoms with Crippen LogP contribution in [0.5, 0.6) is 5.75 Å². The summed E-state index contributed by atoms with van der Waals surface area (Å²) >= 11 is 5.98. The van der Waals surface area contributed by atoms with Crippen molar-refractivity contribution in [1.29, 1.82) is 0 Å². The number of aromatic hydroxyl groups is 1. The van der Waals surface area contributed by atoms with Crippen LogP contribution in [0.4, 0.5) is 4.39 Å². The van der Waals surface area contributed by atoms with Gasteiger partial charge in [0.15, 0.2) is 0 Å². The van der Waals surface area contributed by atoms with Crippen molar-refractivity contribution in [2.45, 2.75) is 13.5 Å². The lowest BCUT2D eigenvalue weighted by Gasteiger charge is -2.11. The summed E-state index contributed by atoms with van der Waals surface area (Å²) in [6.45, 7) is 2.03. The molecule has 0 fully saturated rings. The summed E-state index contributed by atoms with van der Waals surface area (Å²) in [5, 5.41) is 15.3. The van der Waals surface area contributed by atoms with E-state index in [1.807, 2.05) is 0 Å². The Balaban J connectivity index is 1.95. The molecule has 0 aliphatic carbocycles. The van der Waals surface area contributed by atoms with E-state index in [0.717, 1.165) is 0 Å². The first kappa shape index (κ1) is 17.2. The molecule has 2 heterocycles. The maximum Gasteiger partial charge on any atom is 0.267 e. The van der Waals surface area contributed by atoms with Crippen LogP contribution >= 0.6 is 11.6 Å². The van der Waals surface area contributed by atoms with Gasteiger partial charge < -0.3 is 14.2 Å². The van der Waals surface area contributed by atoms with Crippen molar-refractivity contribution in [1.82, 2.24) is 14.7 Å². The largest absolute Gasteiger partial charge is 0.506 e. The van der Waals surface area contributed by atoms with Gasteiger partial charge in [0.05, 0.1) is 5.52 Å². The smallest absolute Gasteiger partial charge is 0.267 e. The van der Waals surface area contributed by atoms with Gasteiger partial charge >= 0.3 is 0 Å². The number of pyridine rings is 1. The summed E-state index contributed by atoms with van der Waals surface area (Å²) < 4.78 is 20.2. The van der Waals surface area contributed by atoms with Crippen molar-refractivity contribution >= 4 is 22.5 Å². The fourth-order valence-electron chi connectivity index (χ4n) is 2.99. The molecule has 0 aliphatic heterocycles. The van der Waals surface area contributed by atoms with Crippen LogP contribution in [0.3, 0.4) is 0 Å². The number of nitrogens with zero attached hydrogens (tertiary/aromatic N) is 3. The van der Waals surface area contributed by atoms with Crippen molar-refractivity contribution in [3.63, 3.8) is 0 Å². The first-order chi connectivity index (χ1) is 13.0. The Hall–Kier alpha value is -3.19. The molecular weight excluding hydrogens is 373 g/mol. The van der Waals surface area contributed by atoms with E-state index in [9.17, 15) is 14.3 Å². The summed E-state index contributed by atoms with van der Waals surface area (Å²) in [4.78, 5) is 17.1. The van der Waals surface area contributed by atoms with Gasteiger partial charge in [-0.1, -0.05) is 28.9 Å². The first-order valence-electron chi connectivity index (χ1n) is 8.14. The quantitative estimate of drug-likeness (QED) is 0.570. The minimum absolute atomic E-state index is 0.124. The SMILES string of the molecule is CCn1c(=O)c(-c2nc(-c3cccc(Cl)c3)no2)c(O)c2ccc(F)cc21. The zero-order valence-corrected chi connectivity index (χ0v) is 14.9. The van der Waals surface area contributed by atoms with Gasteiger partial charge in [0.2, 0.25) is 5.82 Å². The molecule has 0 saturated carbocycles. The van der Waals surface area contributed by atoms with Crippen LogP contribution in [0.15, 0.2) is 51.8 Å². The Kier molecular flexibility index (Phi) is 4.16. The number of hydrogen-bond donors (Lipinski definition) is 1. The lowest BCUT2D eigenvalue weighted by molar-refractivity contribution is 0.425. The monoisotopic (exact) mass is 385 g/mol. The molecule has 6 nitrogen and oxygen atoms in total. The van der Waals surface area contributed by atoms with E-state index >= 15 is 0 Å². The van der Waals surface area contributed by atoms with Crippen molar-refractivity contribution in [3.8, 4) is 28.6 Å². The van der Waals surface area contributed by atoms with Crippen LogP contribution in [0.2, 0.25) is 5.02 Å². The molecule has 1 N–H and O–H groups in total. The predicted molar refractivity (Wildman–Crippen MR) is 99.2 cm³/mol. The number of halogens is 2. The molecule has 136 valence electrons. The fourth-order valence-corrected chi connectivity index (χ4v) is 3.18. The molecule has 0 radical (unpaired) electrons. The molecule has 0 saturated heterocycles. The number of aryl methyl sites for hydroxylation is 1. The highest BCUT2D eigenvalue weighted by atomic mass is 35.5. The van der Waals surface area contributed by atoms with Crippen molar-refractivity contribution in [3.05, 3.63) is 63.7 Å². The molecule has 4 rings (SSSR count). The maximum atomic E-state index is 13.6. The summed E-state index contributed by atoms with van der Waals surface area (Å²) in [5.41, 5.74) is 0.222. The molecule has 0 atom stereocenters. The zero-order chi connectivity index (χ0) is 19.1. The van der Waals surface area contributed by atoms with Gasteiger partial charge in [-0.2, -0.15) is 4.98 Å². The highest BCUT2D eigenvalue weighted by molar-refractivity contribution is 6.30. The molecule has 0 amide bonds. The Morgan fingerprint density at radius 2 is 2.07 bits per heavy atom. The Bertz CT molecular complexity index is 1230. The van der Waals surface area contributed by atoms with E-state index in [1.54, 1.807) is 31.2 Å². The predicted octanol–water partition coefficient (Wildman–Crippen LogP) is 4.24. The molecule has 4 aromatic rings. The lowest BCUT2D eigenvalue weighted by atomic mass is 10.1. The minimum Gasteiger partial charge on any atom is -0.506 e. The average molecular weight is 386 g/mol. The molecule has 0 aliphatic rings. The van der Waals surface area contributed by atoms with E-state index < -0.39 is 11.4 Å². The van der Waals surface area contributed by atoms with E-state index in [2.05, 4.69) is 10.1 Å². The summed E-state index contributed by atoms with van der Waals surface area (Å²) in [7, 11) is 0. The Morgan fingerprint density at radius 1 is 1.26 bits per heavy atom. The summed E-state index contributed by atoms with van der Waals surface area (Å²) in [6, 6.07) is 10.7. The third kappa shape index (κ3) is 2.86. The lowest BCUT2D eigenvalue weighted by Crippen LogP contribution is -2.21. The number of benzene rings is 2. The fraction of sp³-hybridized carbons (Fsp3) is 0.105. The van der Waals surface area contributed by atoms with Gasteiger partial charge in [-0.15, -0.1) is 0 Å². The topological polar surface area (TPSA) is 81.2 Å². The van der Waals surface area contributed by atoms with Gasteiger partial charge in [-0.05, 0) is 37.3 Å². The van der Waals surface area contributed by atoms with Crippen LogP contribution in [0.25, 0.3) is 33.7 Å². The third-order valence-corrected chi connectivity index (χ3v) is 4.48. The van der Waals surface area contributed by atoms with Crippen LogP contribution in [-0.4, -0.2) is 19.8 Å². The Morgan fingerprint density at radius 3 is 2.81 bits per heavy atom. The van der Waals surface area contributed by atoms with Crippen LogP contribution in [-0.2, 0) is 6.54 Å². The zero-order valence-electron chi connectivity index (χ0n) is 14.1. The highest BCUT2D eigenvalue weighted by Gasteiger charge is 2.23. The van der Waals surface area contributed by atoms with E-state index in [4.69, 9.17) is 16.1 Å². The molecule has 2 aromatic heterocycles. The molecule has 0 bridgehead atoms. The van der Waals surface area contributed by atoms with Crippen LogP contribution in [0.1, 0.15) is 6.92 Å². The van der Waals surface area contributed by atoms with Gasteiger partial charge in [-0.25, -0.2) is 4.39 Å². The maximum absolute atomic E-state index is 13.6. The van der Waals surface area contributed by atoms with Gasteiger partial charge in [0.1, 0.15) is 17.1 Å². The molecule has 0 spiro atoms. The van der Waals surface area contributed by atoms with E-state index in [-0.39, 0.29) is 29.6 Å². The average Bonchev–Trinajstić information content (AvgIpc) is 3.12. The van der Waals surface area contributed by atoms with E-state index in [0.29, 0.717) is 21.5 Å². The number of fused-ring (bicyclic) bond motifs is 1. The first-order valence-corrected chi connectivity index (χ1v) is 8.52. The second-order valence-corrected chi connectivity index (χ2v) is 6.30. The molecule has 27 heavy (non-hydrogen) atoms. The molecule has 0 unspecified atom stereocenters. The Labute approximate surface area is 157 Å². The second kappa shape index (κ2) is 6.51. The summed E-state index contributed by atoms with van der Waals surface area (Å²) in [6.07, 6.45) is 0. The van der Waals surface area contributed by atoms with Gasteiger partial charge in [0, 0.05) is 22.5 Å². The number of rotatable bonds is 3. The standard InChI is InChI=1S/C19H13ClFN3O3/c1-2-24-14-9-12(21)6-7-13(14)16(25)15(19(24)26)18-22-17(23-27-18)10-4-3-5-11(20)8-10/h3-9,25H,2H2,1H3. The number of aromatic nitrogens is 3. The van der Waals surface area contributed by atoms with Crippen molar-refractivity contribution < 1.29 is 14.0 Å². The normalized spacial score (nSPS) is 11.2. The summed E-state index contributed by atoms with van der Waals surface area (Å²) in [5.74, 6) is -0.729. The van der Waals surface area contributed by atoms with E-state index in [1.165, 1.54) is 22.8 Å². The van der Waals surface area contributed by atoms with Gasteiger partial charge in [-0.3, -0.25) is 4.79 Å². The van der Waals surface area contributed by atoms with Crippen molar-refractivity contribution in [2.75, 3.05) is 0 Å². The minimum atomic E-state index is -0.547. The molecule has 8 heteroatoms. The third-order valence-electron chi connectivity index (χ3n) is 4.24. The molecular formula is C19H13ClFN3O3. The number of hydrogen-bond acceptors (Lipinski definition) is 5. The van der Waals surface area contributed by atoms with Crippen LogP contribution in [0, 0.1) is 5.82 Å². The second-order valence-electron chi connectivity index (χ2n) is 5.87. The van der Waals surface area contributed by atoms with Crippen LogP contribution < -0.4 is 5.56 Å². The highest BCUT2D eigenvalue weighted by Crippen LogP contribution is 2.33. The molecule has 2 aromatic carbocycles.